The summed E-state index contributed by atoms with van der Waals surface area (Å²) in [6.45, 7) is 0. The lowest BCUT2D eigenvalue weighted by Crippen LogP contribution is -2.20. The third kappa shape index (κ3) is 2.33. The first-order chi connectivity index (χ1) is 10.7. The van der Waals surface area contributed by atoms with Crippen LogP contribution in [0.4, 0.5) is 10.1 Å². The number of fused-ring (bicyclic) bond motifs is 1. The van der Waals surface area contributed by atoms with Gasteiger partial charge in [0.25, 0.3) is 0 Å². The van der Waals surface area contributed by atoms with Crippen LogP contribution < -0.4 is 4.90 Å². The van der Waals surface area contributed by atoms with E-state index in [0.29, 0.717) is 6.04 Å². The highest BCUT2D eigenvalue weighted by Crippen LogP contribution is 2.37. The second-order valence-electron chi connectivity index (χ2n) is 5.90. The Labute approximate surface area is 129 Å². The van der Waals surface area contributed by atoms with Crippen molar-refractivity contribution in [2.75, 3.05) is 11.9 Å². The second-order valence-corrected chi connectivity index (χ2v) is 5.90. The van der Waals surface area contributed by atoms with Crippen LogP contribution in [0.5, 0.6) is 0 Å². The molecule has 0 spiro atoms. The van der Waals surface area contributed by atoms with Crippen molar-refractivity contribution in [2.45, 2.75) is 18.9 Å². The predicted octanol–water partition coefficient (Wildman–Crippen LogP) is 4.64. The summed E-state index contributed by atoms with van der Waals surface area (Å²) in [5.41, 5.74) is 3.96. The van der Waals surface area contributed by atoms with Gasteiger partial charge in [0.05, 0.1) is 16.9 Å². The summed E-state index contributed by atoms with van der Waals surface area (Å²) in [4.78, 5) is 7.15. The maximum absolute atomic E-state index is 13.2. The van der Waals surface area contributed by atoms with Gasteiger partial charge in [-0.15, -0.1) is 0 Å². The van der Waals surface area contributed by atoms with Crippen molar-refractivity contribution in [1.82, 2.24) is 4.98 Å². The lowest BCUT2D eigenvalue weighted by atomic mass is 10.1. The fourth-order valence-corrected chi connectivity index (χ4v) is 2.85. The van der Waals surface area contributed by atoms with Gasteiger partial charge in [-0.3, -0.25) is 0 Å². The molecule has 0 radical (unpaired) electrons. The van der Waals surface area contributed by atoms with Crippen LogP contribution in [0.25, 0.3) is 22.2 Å². The van der Waals surface area contributed by atoms with Crippen molar-refractivity contribution < 1.29 is 4.39 Å². The van der Waals surface area contributed by atoms with Crippen molar-refractivity contribution in [3.8, 4) is 11.3 Å². The van der Waals surface area contributed by atoms with Gasteiger partial charge in [0, 0.05) is 24.0 Å². The predicted molar refractivity (Wildman–Crippen MR) is 88.6 cm³/mol. The number of para-hydroxylation sites is 1. The Morgan fingerprint density at radius 1 is 1.05 bits per heavy atom. The molecule has 1 aliphatic carbocycles. The average Bonchev–Trinajstić information content (AvgIpc) is 3.39. The van der Waals surface area contributed by atoms with Gasteiger partial charge in [-0.25, -0.2) is 9.37 Å². The molecule has 0 N–H and O–H groups in total. The van der Waals surface area contributed by atoms with E-state index in [-0.39, 0.29) is 5.82 Å². The number of nitrogens with zero attached hydrogens (tertiary/aromatic N) is 2. The van der Waals surface area contributed by atoms with Gasteiger partial charge in [0.1, 0.15) is 5.82 Å². The Morgan fingerprint density at radius 3 is 2.50 bits per heavy atom. The molecular weight excluding hydrogens is 275 g/mol. The summed E-state index contributed by atoms with van der Waals surface area (Å²) in [7, 11) is 2.12. The summed E-state index contributed by atoms with van der Waals surface area (Å²) in [5, 5.41) is 1.14. The highest BCUT2D eigenvalue weighted by molar-refractivity contribution is 5.89. The molecule has 1 aromatic heterocycles. The molecule has 1 saturated carbocycles. The van der Waals surface area contributed by atoms with Crippen molar-refractivity contribution in [1.29, 1.82) is 0 Å². The summed E-state index contributed by atoms with van der Waals surface area (Å²) in [6, 6.07) is 17.5. The number of pyridine rings is 1. The minimum Gasteiger partial charge on any atom is -0.370 e. The maximum atomic E-state index is 13.2. The molecule has 3 aromatic rings. The SMILES string of the molecule is CN(c1cc2ccccc2nc1-c1ccc(F)cc1)C1CC1. The van der Waals surface area contributed by atoms with Crippen molar-refractivity contribution in [3.63, 3.8) is 0 Å². The van der Waals surface area contributed by atoms with E-state index in [1.54, 1.807) is 12.1 Å². The largest absolute Gasteiger partial charge is 0.370 e. The van der Waals surface area contributed by atoms with Crippen LogP contribution in [0.3, 0.4) is 0 Å². The first-order valence-electron chi connectivity index (χ1n) is 7.61. The molecule has 1 fully saturated rings. The minimum atomic E-state index is -0.221. The number of benzene rings is 2. The van der Waals surface area contributed by atoms with Gasteiger partial charge in [-0.05, 0) is 49.2 Å². The van der Waals surface area contributed by atoms with E-state index in [0.717, 1.165) is 27.8 Å². The van der Waals surface area contributed by atoms with Gasteiger partial charge in [0.2, 0.25) is 0 Å². The van der Waals surface area contributed by atoms with E-state index >= 15 is 0 Å². The first kappa shape index (κ1) is 13.3. The molecule has 110 valence electrons. The summed E-state index contributed by atoms with van der Waals surface area (Å²) in [6.07, 6.45) is 2.46. The highest BCUT2D eigenvalue weighted by atomic mass is 19.1. The van der Waals surface area contributed by atoms with Gasteiger partial charge in [0.15, 0.2) is 0 Å². The van der Waals surface area contributed by atoms with Crippen LogP contribution >= 0.6 is 0 Å². The zero-order chi connectivity index (χ0) is 15.1. The topological polar surface area (TPSA) is 16.1 Å². The lowest BCUT2D eigenvalue weighted by Gasteiger charge is -2.22. The van der Waals surface area contributed by atoms with Crippen molar-refractivity contribution in [2.24, 2.45) is 0 Å². The third-order valence-electron chi connectivity index (χ3n) is 4.30. The molecule has 0 atom stereocenters. The molecule has 2 aromatic carbocycles. The van der Waals surface area contributed by atoms with Crippen molar-refractivity contribution in [3.05, 3.63) is 60.4 Å². The zero-order valence-corrected chi connectivity index (χ0v) is 12.5. The second kappa shape index (κ2) is 5.09. The third-order valence-corrected chi connectivity index (χ3v) is 4.30. The molecule has 0 saturated heterocycles. The average molecular weight is 292 g/mol. The number of hydrogen-bond acceptors (Lipinski definition) is 2. The molecule has 0 amide bonds. The summed E-state index contributed by atoms with van der Waals surface area (Å²) >= 11 is 0. The van der Waals surface area contributed by atoms with Crippen LogP contribution in [0.2, 0.25) is 0 Å². The molecular formula is C19H17FN2. The van der Waals surface area contributed by atoms with E-state index in [9.17, 15) is 4.39 Å². The quantitative estimate of drug-likeness (QED) is 0.699. The van der Waals surface area contributed by atoms with E-state index in [1.165, 1.54) is 25.0 Å². The van der Waals surface area contributed by atoms with E-state index < -0.39 is 0 Å². The molecule has 1 aliphatic rings. The summed E-state index contributed by atoms with van der Waals surface area (Å²) in [5.74, 6) is -0.221. The van der Waals surface area contributed by atoms with Crippen LogP contribution in [0, 0.1) is 5.82 Å². The molecule has 22 heavy (non-hydrogen) atoms. The maximum Gasteiger partial charge on any atom is 0.123 e. The molecule has 3 heteroatoms. The van der Waals surface area contributed by atoms with Gasteiger partial charge in [-0.2, -0.15) is 0 Å². The Bertz CT molecular complexity index is 822. The number of hydrogen-bond donors (Lipinski definition) is 0. The van der Waals surface area contributed by atoms with Crippen LogP contribution in [-0.4, -0.2) is 18.1 Å². The van der Waals surface area contributed by atoms with E-state index in [1.807, 2.05) is 18.2 Å². The fourth-order valence-electron chi connectivity index (χ4n) is 2.85. The zero-order valence-electron chi connectivity index (χ0n) is 12.5. The molecule has 1 heterocycles. The number of aromatic nitrogens is 1. The number of halogens is 1. The van der Waals surface area contributed by atoms with Crippen LogP contribution in [0.15, 0.2) is 54.6 Å². The Hall–Kier alpha value is -2.42. The van der Waals surface area contributed by atoms with Crippen molar-refractivity contribution >= 4 is 16.6 Å². The molecule has 2 nitrogen and oxygen atoms in total. The number of anilines is 1. The molecule has 4 rings (SSSR count). The number of rotatable bonds is 3. The Balaban J connectivity index is 1.93. The standard InChI is InChI=1S/C19H17FN2/c1-22(16-10-11-16)18-12-14-4-2-3-5-17(14)21-19(18)13-6-8-15(20)9-7-13/h2-9,12,16H,10-11H2,1H3. The minimum absolute atomic E-state index is 0.221. The highest BCUT2D eigenvalue weighted by Gasteiger charge is 2.28. The van der Waals surface area contributed by atoms with E-state index in [2.05, 4.69) is 24.1 Å². The van der Waals surface area contributed by atoms with Gasteiger partial charge in [-0.1, -0.05) is 18.2 Å². The monoisotopic (exact) mass is 292 g/mol. The summed E-state index contributed by atoms with van der Waals surface area (Å²) < 4.78 is 13.2. The molecule has 0 bridgehead atoms. The fraction of sp³-hybridized carbons (Fsp3) is 0.211. The first-order valence-corrected chi connectivity index (χ1v) is 7.61. The van der Waals surface area contributed by atoms with E-state index in [4.69, 9.17) is 4.98 Å². The Kier molecular flexibility index (Phi) is 3.07. The van der Waals surface area contributed by atoms with Gasteiger partial charge < -0.3 is 4.90 Å². The Morgan fingerprint density at radius 2 is 1.77 bits per heavy atom. The normalized spacial score (nSPS) is 14.3. The van der Waals surface area contributed by atoms with Gasteiger partial charge >= 0.3 is 0 Å². The lowest BCUT2D eigenvalue weighted by molar-refractivity contribution is 0.628. The van der Waals surface area contributed by atoms with Crippen LogP contribution in [-0.2, 0) is 0 Å². The smallest absolute Gasteiger partial charge is 0.123 e. The molecule has 0 unspecified atom stereocenters. The van der Waals surface area contributed by atoms with Crippen LogP contribution in [0.1, 0.15) is 12.8 Å². The molecule has 0 aliphatic heterocycles.